The predicted octanol–water partition coefficient (Wildman–Crippen LogP) is 6.19. The average molecular weight is 432 g/mol. The summed E-state index contributed by atoms with van der Waals surface area (Å²) in [5.74, 6) is 1.58. The van der Waals surface area contributed by atoms with Gasteiger partial charge < -0.3 is 19.5 Å². The van der Waals surface area contributed by atoms with Gasteiger partial charge in [-0.3, -0.25) is 0 Å². The summed E-state index contributed by atoms with van der Waals surface area (Å²) in [5, 5.41) is 2.55. The fourth-order valence-corrected chi connectivity index (χ4v) is 6.22. The molecule has 0 aliphatic carbocycles. The van der Waals surface area contributed by atoms with Crippen molar-refractivity contribution >= 4 is 21.8 Å². The van der Waals surface area contributed by atoms with Gasteiger partial charge in [-0.25, -0.2) is 0 Å². The van der Waals surface area contributed by atoms with Crippen molar-refractivity contribution in [2.45, 2.75) is 52.1 Å². The summed E-state index contributed by atoms with van der Waals surface area (Å²) in [6.45, 7) is 12.4. The summed E-state index contributed by atoms with van der Waals surface area (Å²) < 4.78 is 7.09. The molecule has 4 heterocycles. The van der Waals surface area contributed by atoms with E-state index in [2.05, 4.69) is 84.1 Å². The lowest BCUT2D eigenvalue weighted by Gasteiger charge is -2.55. The quantitative estimate of drug-likeness (QED) is 0.461. The zero-order valence-electron chi connectivity index (χ0n) is 19.9. The third kappa shape index (κ3) is 3.59. The number of allylic oxidation sites excluding steroid dienone is 1. The molecule has 1 N–H and O–H groups in total. The highest BCUT2D eigenvalue weighted by atomic mass is 16.5. The van der Waals surface area contributed by atoms with E-state index in [0.29, 0.717) is 5.92 Å². The summed E-state index contributed by atoms with van der Waals surface area (Å²) in [7, 11) is 0. The molecule has 1 atom stereocenters. The van der Waals surface area contributed by atoms with Crippen LogP contribution in [0.4, 0.5) is 0 Å². The topological polar surface area (TPSA) is 31.5 Å². The fraction of sp³-hybridized carbons (Fsp3) is 0.500. The van der Waals surface area contributed by atoms with Gasteiger partial charge >= 0.3 is 0 Å². The molecule has 4 heteroatoms. The third-order valence-corrected chi connectivity index (χ3v) is 7.90. The van der Waals surface area contributed by atoms with Crippen LogP contribution >= 0.6 is 0 Å². The van der Waals surface area contributed by atoms with E-state index in [0.717, 1.165) is 43.7 Å². The third-order valence-electron chi connectivity index (χ3n) is 7.90. The number of nitrogens with one attached hydrogen (secondary N) is 1. The summed E-state index contributed by atoms with van der Waals surface area (Å²) in [6.07, 6.45) is 7.03. The molecule has 170 valence electrons. The Labute approximate surface area is 192 Å². The van der Waals surface area contributed by atoms with Crippen LogP contribution in [0.25, 0.3) is 21.8 Å². The van der Waals surface area contributed by atoms with Gasteiger partial charge in [0.25, 0.3) is 0 Å². The maximum absolute atomic E-state index is 7.09. The average Bonchev–Trinajstić information content (AvgIpc) is 3.20. The Balaban J connectivity index is 1.48. The molecule has 3 aliphatic rings. The highest BCUT2D eigenvalue weighted by molar-refractivity contribution is 6.07. The van der Waals surface area contributed by atoms with E-state index < -0.39 is 0 Å². The zero-order valence-corrected chi connectivity index (χ0v) is 19.9. The van der Waals surface area contributed by atoms with Crippen molar-refractivity contribution in [3.63, 3.8) is 0 Å². The minimum absolute atomic E-state index is 0.210. The van der Waals surface area contributed by atoms with E-state index in [4.69, 9.17) is 4.74 Å². The minimum atomic E-state index is -0.210. The van der Waals surface area contributed by atoms with Crippen LogP contribution in [-0.2, 0) is 0 Å². The number of H-pyrrole nitrogens is 1. The highest BCUT2D eigenvalue weighted by Crippen LogP contribution is 2.48. The molecule has 2 aromatic carbocycles. The largest absolute Gasteiger partial charge is 0.481 e. The number of rotatable bonds is 8. The molecule has 2 bridgehead atoms. The van der Waals surface area contributed by atoms with Gasteiger partial charge in [0.05, 0.1) is 11.2 Å². The number of para-hydroxylation sites is 1. The maximum atomic E-state index is 7.09. The summed E-state index contributed by atoms with van der Waals surface area (Å²) >= 11 is 0. The van der Waals surface area contributed by atoms with Gasteiger partial charge in [-0.05, 0) is 70.4 Å². The molecule has 1 unspecified atom stereocenters. The van der Waals surface area contributed by atoms with Gasteiger partial charge in [0.15, 0.2) is 5.60 Å². The van der Waals surface area contributed by atoms with Crippen molar-refractivity contribution in [3.05, 3.63) is 54.2 Å². The minimum Gasteiger partial charge on any atom is -0.481 e. The number of aromatic nitrogens is 1. The fourth-order valence-electron chi connectivity index (χ4n) is 6.22. The Bertz CT molecular complexity index is 1100. The van der Waals surface area contributed by atoms with Gasteiger partial charge in [0.2, 0.25) is 0 Å². The number of hydrogen-bond donors (Lipinski definition) is 1. The Morgan fingerprint density at radius 2 is 1.81 bits per heavy atom. The first kappa shape index (κ1) is 21.4. The Hall–Kier alpha value is -2.46. The number of hydrogen-bond acceptors (Lipinski definition) is 3. The highest BCUT2D eigenvalue weighted by Gasteiger charge is 2.51. The van der Waals surface area contributed by atoms with Crippen LogP contribution < -0.4 is 4.74 Å². The van der Waals surface area contributed by atoms with Crippen molar-refractivity contribution in [2.75, 3.05) is 32.7 Å². The first-order valence-electron chi connectivity index (χ1n) is 12.5. The lowest BCUT2D eigenvalue weighted by atomic mass is 9.70. The number of benzene rings is 2. The second kappa shape index (κ2) is 8.82. The summed E-state index contributed by atoms with van der Waals surface area (Å²) in [5.41, 5.74) is 3.55. The molecule has 6 rings (SSSR count). The standard InChI is InChI=1S/C28H37N3O/c1-4-27-28(16-9-17-30(5-2)6-3,21-14-18-31(27)19-15-21)32-22-12-13-24-23-10-7-8-11-25(23)29-26(24)20-22/h4,7-8,10-13,20-21,29H,5-6,9,14-19H2,1-3H3. The molecule has 4 nitrogen and oxygen atoms in total. The number of fused-ring (bicyclic) bond motifs is 6. The second-order valence-electron chi connectivity index (χ2n) is 9.44. The van der Waals surface area contributed by atoms with Crippen molar-refractivity contribution in [1.29, 1.82) is 0 Å². The number of aromatic amines is 1. The predicted molar refractivity (Wildman–Crippen MR) is 134 cm³/mol. The van der Waals surface area contributed by atoms with Crippen molar-refractivity contribution in [1.82, 2.24) is 14.8 Å². The van der Waals surface area contributed by atoms with Crippen LogP contribution in [0.15, 0.2) is 54.2 Å². The molecule has 3 aromatic rings. The van der Waals surface area contributed by atoms with E-state index in [1.54, 1.807) is 0 Å². The molecule has 32 heavy (non-hydrogen) atoms. The van der Waals surface area contributed by atoms with Crippen molar-refractivity contribution in [3.8, 4) is 5.75 Å². The molecule has 3 aliphatic heterocycles. The Morgan fingerprint density at radius 1 is 1.06 bits per heavy atom. The van der Waals surface area contributed by atoms with Gasteiger partial charge in [0, 0.05) is 41.4 Å². The van der Waals surface area contributed by atoms with E-state index in [1.807, 2.05) is 0 Å². The summed E-state index contributed by atoms with van der Waals surface area (Å²) in [4.78, 5) is 8.70. The smallest absolute Gasteiger partial charge is 0.151 e. The van der Waals surface area contributed by atoms with E-state index in [-0.39, 0.29) is 5.60 Å². The molecule has 3 saturated heterocycles. The van der Waals surface area contributed by atoms with E-state index >= 15 is 0 Å². The van der Waals surface area contributed by atoms with Gasteiger partial charge in [0.1, 0.15) is 5.75 Å². The van der Waals surface area contributed by atoms with Crippen LogP contribution in [-0.4, -0.2) is 53.1 Å². The van der Waals surface area contributed by atoms with Gasteiger partial charge in [-0.15, -0.1) is 0 Å². The van der Waals surface area contributed by atoms with Crippen molar-refractivity contribution < 1.29 is 4.74 Å². The molecule has 0 amide bonds. The lowest BCUT2D eigenvalue weighted by Crippen LogP contribution is -2.60. The van der Waals surface area contributed by atoms with E-state index in [9.17, 15) is 0 Å². The van der Waals surface area contributed by atoms with Crippen LogP contribution in [0, 0.1) is 5.92 Å². The molecule has 0 saturated carbocycles. The molecule has 0 radical (unpaired) electrons. The molecular weight excluding hydrogens is 394 g/mol. The second-order valence-corrected chi connectivity index (χ2v) is 9.44. The zero-order chi connectivity index (χ0) is 22.1. The summed E-state index contributed by atoms with van der Waals surface area (Å²) in [6, 6.07) is 15.2. The maximum Gasteiger partial charge on any atom is 0.151 e. The first-order valence-corrected chi connectivity index (χ1v) is 12.5. The molecule has 1 aromatic heterocycles. The normalized spacial score (nSPS) is 24.3. The molecule has 0 spiro atoms. The van der Waals surface area contributed by atoms with Crippen LogP contribution in [0.3, 0.4) is 0 Å². The monoisotopic (exact) mass is 431 g/mol. The molecule has 3 fully saturated rings. The number of ether oxygens (including phenoxy) is 1. The van der Waals surface area contributed by atoms with Gasteiger partial charge in [-0.2, -0.15) is 0 Å². The van der Waals surface area contributed by atoms with Crippen LogP contribution in [0.1, 0.15) is 46.5 Å². The van der Waals surface area contributed by atoms with Crippen molar-refractivity contribution in [2.24, 2.45) is 5.92 Å². The molecular formula is C28H37N3O. The van der Waals surface area contributed by atoms with Crippen LogP contribution in [0.2, 0.25) is 0 Å². The first-order chi connectivity index (χ1) is 15.7. The SMILES string of the molecule is CC=C1N2CCC(CC2)C1(CCCN(CC)CC)Oc1ccc2c(c1)[nH]c1ccccc12. The lowest BCUT2D eigenvalue weighted by molar-refractivity contribution is -0.0595. The number of nitrogens with zero attached hydrogens (tertiary/aromatic N) is 2. The Kier molecular flexibility index (Phi) is 5.90. The van der Waals surface area contributed by atoms with E-state index in [1.165, 1.54) is 47.9 Å². The number of piperidine rings is 3. The Morgan fingerprint density at radius 3 is 2.56 bits per heavy atom. The van der Waals surface area contributed by atoms with Crippen LogP contribution in [0.5, 0.6) is 5.75 Å². The van der Waals surface area contributed by atoms with Gasteiger partial charge in [-0.1, -0.05) is 38.1 Å².